The van der Waals surface area contributed by atoms with E-state index in [1.165, 1.54) is 11.4 Å². The van der Waals surface area contributed by atoms with E-state index in [9.17, 15) is 8.42 Å². The van der Waals surface area contributed by atoms with Gasteiger partial charge in [0.05, 0.1) is 12.8 Å². The van der Waals surface area contributed by atoms with Gasteiger partial charge in [-0.2, -0.15) is 4.31 Å². The molecule has 4 rings (SSSR count). The summed E-state index contributed by atoms with van der Waals surface area (Å²) in [5.74, 6) is 1.12. The average molecular weight is 439 g/mol. The first kappa shape index (κ1) is 21.3. The lowest BCUT2D eigenvalue weighted by molar-refractivity contribution is 0.373. The van der Waals surface area contributed by atoms with Crippen molar-refractivity contribution in [2.75, 3.05) is 38.2 Å². The van der Waals surface area contributed by atoms with Crippen LogP contribution in [0.4, 0.5) is 5.82 Å². The first-order valence-electron chi connectivity index (χ1n) is 10.2. The van der Waals surface area contributed by atoms with Gasteiger partial charge in [0.25, 0.3) is 0 Å². The normalized spacial score (nSPS) is 15.1. The summed E-state index contributed by atoms with van der Waals surface area (Å²) < 4.78 is 33.2. The van der Waals surface area contributed by atoms with Crippen molar-refractivity contribution >= 4 is 15.8 Å². The number of sulfonamides is 1. The highest BCUT2D eigenvalue weighted by molar-refractivity contribution is 7.89. The second kappa shape index (κ2) is 8.64. The molecular formula is C23H26N4O3S. The molecule has 0 saturated carbocycles. The Labute approximate surface area is 183 Å². The fourth-order valence-corrected chi connectivity index (χ4v) is 5.44. The Kier molecular flexibility index (Phi) is 5.93. The molecule has 1 aliphatic heterocycles. The Morgan fingerprint density at radius 2 is 1.65 bits per heavy atom. The largest absolute Gasteiger partial charge is 0.495 e. The Morgan fingerprint density at radius 1 is 0.903 bits per heavy atom. The lowest BCUT2D eigenvalue weighted by Crippen LogP contribution is -2.49. The zero-order valence-electron chi connectivity index (χ0n) is 17.9. The molecule has 1 aromatic heterocycles. The van der Waals surface area contributed by atoms with Gasteiger partial charge < -0.3 is 9.64 Å². The van der Waals surface area contributed by atoms with Crippen LogP contribution >= 0.6 is 0 Å². The van der Waals surface area contributed by atoms with E-state index in [0.29, 0.717) is 31.9 Å². The van der Waals surface area contributed by atoms with Crippen LogP contribution in [0, 0.1) is 13.8 Å². The van der Waals surface area contributed by atoms with Crippen molar-refractivity contribution in [3.8, 4) is 17.0 Å². The first-order chi connectivity index (χ1) is 14.9. The van der Waals surface area contributed by atoms with Crippen molar-refractivity contribution in [3.05, 3.63) is 65.7 Å². The molecule has 162 valence electrons. The lowest BCUT2D eigenvalue weighted by atomic mass is 10.1. The maximum Gasteiger partial charge on any atom is 0.246 e. The number of hydrogen-bond acceptors (Lipinski definition) is 6. The minimum absolute atomic E-state index is 0.214. The van der Waals surface area contributed by atoms with Crippen LogP contribution in [0.3, 0.4) is 0 Å². The van der Waals surface area contributed by atoms with Gasteiger partial charge in [-0.15, -0.1) is 10.2 Å². The van der Waals surface area contributed by atoms with Gasteiger partial charge in [-0.25, -0.2) is 8.42 Å². The van der Waals surface area contributed by atoms with Gasteiger partial charge in [0.2, 0.25) is 10.0 Å². The summed E-state index contributed by atoms with van der Waals surface area (Å²) in [7, 11) is -2.15. The van der Waals surface area contributed by atoms with E-state index < -0.39 is 10.0 Å². The summed E-state index contributed by atoms with van der Waals surface area (Å²) >= 11 is 0. The SMILES string of the molecule is COc1ccc(C)cc1S(=O)(=O)N1CCN(c2ccc(-c3ccccc3C)nn2)CC1. The van der Waals surface area contributed by atoms with Gasteiger partial charge in [0, 0.05) is 31.7 Å². The molecule has 0 spiro atoms. The number of aromatic nitrogens is 2. The number of rotatable bonds is 5. The number of benzene rings is 2. The summed E-state index contributed by atoms with van der Waals surface area (Å²) in [6, 6.07) is 17.2. The van der Waals surface area contributed by atoms with Crippen LogP contribution in [0.1, 0.15) is 11.1 Å². The topological polar surface area (TPSA) is 75.6 Å². The van der Waals surface area contributed by atoms with Crippen LogP contribution in [0.5, 0.6) is 5.75 Å². The molecule has 0 bridgehead atoms. The zero-order chi connectivity index (χ0) is 22.0. The van der Waals surface area contributed by atoms with E-state index in [1.54, 1.807) is 12.1 Å². The van der Waals surface area contributed by atoms with Crippen molar-refractivity contribution < 1.29 is 13.2 Å². The summed E-state index contributed by atoms with van der Waals surface area (Å²) in [5, 5.41) is 8.78. The molecule has 0 unspecified atom stereocenters. The molecular weight excluding hydrogens is 412 g/mol. The number of ether oxygens (including phenoxy) is 1. The monoisotopic (exact) mass is 438 g/mol. The van der Waals surface area contributed by atoms with E-state index in [1.807, 2.05) is 56.3 Å². The van der Waals surface area contributed by atoms with Gasteiger partial charge in [-0.3, -0.25) is 0 Å². The van der Waals surface area contributed by atoms with Gasteiger partial charge in [0.1, 0.15) is 10.6 Å². The molecule has 1 aliphatic rings. The standard InChI is InChI=1S/C23H26N4O3S/c1-17-8-10-21(30-3)22(16-17)31(28,29)27-14-12-26(13-15-27)23-11-9-20(24-25-23)19-7-5-4-6-18(19)2/h4-11,16H,12-15H2,1-3H3. The van der Waals surface area contributed by atoms with E-state index >= 15 is 0 Å². The van der Waals surface area contributed by atoms with Gasteiger partial charge in [-0.05, 0) is 49.2 Å². The van der Waals surface area contributed by atoms with Crippen LogP contribution < -0.4 is 9.64 Å². The van der Waals surface area contributed by atoms with E-state index in [2.05, 4.69) is 15.1 Å². The maximum atomic E-state index is 13.2. The molecule has 31 heavy (non-hydrogen) atoms. The fourth-order valence-electron chi connectivity index (χ4n) is 3.78. The summed E-state index contributed by atoms with van der Waals surface area (Å²) in [5.41, 5.74) is 3.91. The van der Waals surface area contributed by atoms with Crippen molar-refractivity contribution in [2.45, 2.75) is 18.7 Å². The lowest BCUT2D eigenvalue weighted by Gasteiger charge is -2.34. The first-order valence-corrected chi connectivity index (χ1v) is 11.6. The highest BCUT2D eigenvalue weighted by Gasteiger charge is 2.31. The molecule has 0 radical (unpaired) electrons. The minimum atomic E-state index is -3.63. The van der Waals surface area contributed by atoms with Crippen LogP contribution in [0.15, 0.2) is 59.5 Å². The molecule has 8 heteroatoms. The van der Waals surface area contributed by atoms with Crippen molar-refractivity contribution in [1.82, 2.24) is 14.5 Å². The summed E-state index contributed by atoms with van der Waals surface area (Å²) in [6.07, 6.45) is 0. The van der Waals surface area contributed by atoms with Crippen LogP contribution in [0.2, 0.25) is 0 Å². The molecule has 0 aliphatic carbocycles. The average Bonchev–Trinajstić information content (AvgIpc) is 2.79. The molecule has 7 nitrogen and oxygen atoms in total. The third-order valence-electron chi connectivity index (χ3n) is 5.57. The van der Waals surface area contributed by atoms with Crippen molar-refractivity contribution in [3.63, 3.8) is 0 Å². The number of nitrogens with zero attached hydrogens (tertiary/aromatic N) is 4. The molecule has 2 heterocycles. The van der Waals surface area contributed by atoms with Crippen LogP contribution in [0.25, 0.3) is 11.3 Å². The smallest absolute Gasteiger partial charge is 0.246 e. The van der Waals surface area contributed by atoms with Crippen molar-refractivity contribution in [2.24, 2.45) is 0 Å². The minimum Gasteiger partial charge on any atom is -0.495 e. The molecule has 1 saturated heterocycles. The second-order valence-electron chi connectivity index (χ2n) is 7.64. The summed E-state index contributed by atoms with van der Waals surface area (Å²) in [4.78, 5) is 2.28. The number of piperazine rings is 1. The van der Waals surface area contributed by atoms with Crippen molar-refractivity contribution in [1.29, 1.82) is 0 Å². The molecule has 0 atom stereocenters. The third kappa shape index (κ3) is 4.26. The highest BCUT2D eigenvalue weighted by Crippen LogP contribution is 2.29. The van der Waals surface area contributed by atoms with E-state index in [-0.39, 0.29) is 4.90 Å². The maximum absolute atomic E-state index is 13.2. The van der Waals surface area contributed by atoms with Gasteiger partial charge in [0.15, 0.2) is 5.82 Å². The third-order valence-corrected chi connectivity index (χ3v) is 7.49. The van der Waals surface area contributed by atoms with E-state index in [0.717, 1.165) is 28.2 Å². The van der Waals surface area contributed by atoms with Gasteiger partial charge >= 0.3 is 0 Å². The predicted octanol–water partition coefficient (Wildman–Crippen LogP) is 3.28. The highest BCUT2D eigenvalue weighted by atomic mass is 32.2. The second-order valence-corrected chi connectivity index (χ2v) is 9.54. The number of aryl methyl sites for hydroxylation is 2. The Balaban J connectivity index is 1.48. The van der Waals surface area contributed by atoms with Crippen LogP contribution in [-0.4, -0.2) is 56.2 Å². The molecule has 2 aromatic carbocycles. The molecule has 1 fully saturated rings. The zero-order valence-corrected chi connectivity index (χ0v) is 18.8. The fraction of sp³-hybridized carbons (Fsp3) is 0.304. The Morgan fingerprint density at radius 3 is 2.29 bits per heavy atom. The Bertz CT molecular complexity index is 1170. The number of anilines is 1. The summed E-state index contributed by atoms with van der Waals surface area (Å²) in [6.45, 7) is 5.77. The predicted molar refractivity (Wildman–Crippen MR) is 121 cm³/mol. The quantitative estimate of drug-likeness (QED) is 0.609. The number of hydrogen-bond donors (Lipinski definition) is 0. The molecule has 0 amide bonds. The number of methoxy groups -OCH3 is 1. The molecule has 0 N–H and O–H groups in total. The van der Waals surface area contributed by atoms with Gasteiger partial charge in [-0.1, -0.05) is 30.3 Å². The molecule has 3 aromatic rings. The van der Waals surface area contributed by atoms with E-state index in [4.69, 9.17) is 4.74 Å². The Hall–Kier alpha value is -2.97. The van der Waals surface area contributed by atoms with Crippen LogP contribution in [-0.2, 0) is 10.0 Å².